The standard InChI is InChI=1S/C34H40F2N6O4/c35-23-14-22(15-24(36)17-23)13-21-1-4-29(37)28(16-21)32(38)40-33(44)27-3-2-26(18-30(27)39-25-5-11-46-12-6-25)42-9-7-41(8-10-42)20-34(45)19-31(34)43/h1-4,14-18,25,31,39,43,45H,5-13,19-20,37H2,(H2,38,40,44)/t31-,34?/m0/s1. The molecule has 7 N–H and O–H groups in total. The largest absolute Gasteiger partial charge is 0.398 e. The summed E-state index contributed by atoms with van der Waals surface area (Å²) in [6.07, 6.45) is 1.60. The van der Waals surface area contributed by atoms with Gasteiger partial charge in [0.25, 0.3) is 5.91 Å². The van der Waals surface area contributed by atoms with E-state index in [1.54, 1.807) is 24.3 Å². The number of aliphatic hydroxyl groups excluding tert-OH is 1. The predicted molar refractivity (Wildman–Crippen MR) is 172 cm³/mol. The van der Waals surface area contributed by atoms with Crippen LogP contribution in [0.25, 0.3) is 0 Å². The average Bonchev–Trinajstić information content (AvgIpc) is 3.62. The first kappa shape index (κ1) is 31.9. The Balaban J connectivity index is 1.17. The van der Waals surface area contributed by atoms with Crippen molar-refractivity contribution < 1.29 is 28.5 Å². The SMILES string of the molecule is N=C(NC(=O)c1ccc(N2CCN(CC3(O)C[C@@H]3O)CC2)cc1NC1CCOCC1)c1cc(Cc2cc(F)cc(F)c2)ccc1N. The van der Waals surface area contributed by atoms with E-state index in [0.29, 0.717) is 54.1 Å². The smallest absolute Gasteiger partial charge is 0.258 e. The van der Waals surface area contributed by atoms with Crippen LogP contribution in [-0.4, -0.2) is 90.5 Å². The highest BCUT2D eigenvalue weighted by atomic mass is 19.1. The fraction of sp³-hybridized carbons (Fsp3) is 0.412. The van der Waals surface area contributed by atoms with E-state index >= 15 is 0 Å². The number of halogens is 2. The van der Waals surface area contributed by atoms with E-state index < -0.39 is 29.2 Å². The van der Waals surface area contributed by atoms with Gasteiger partial charge >= 0.3 is 0 Å². The molecule has 2 heterocycles. The van der Waals surface area contributed by atoms with Gasteiger partial charge in [0.15, 0.2) is 0 Å². The molecular formula is C34H40F2N6O4. The summed E-state index contributed by atoms with van der Waals surface area (Å²) in [5.74, 6) is -1.99. The van der Waals surface area contributed by atoms with Crippen molar-refractivity contribution >= 4 is 28.8 Å². The maximum atomic E-state index is 13.7. The summed E-state index contributed by atoms with van der Waals surface area (Å²) in [5.41, 5.74) is 8.91. The highest BCUT2D eigenvalue weighted by molar-refractivity contribution is 6.15. The Kier molecular flexibility index (Phi) is 9.23. The molecule has 2 atom stereocenters. The molecule has 3 aliphatic rings. The molecular weight excluding hydrogens is 594 g/mol. The number of nitrogens with zero attached hydrogens (tertiary/aromatic N) is 2. The average molecular weight is 635 g/mol. The minimum absolute atomic E-state index is 0.123. The van der Waals surface area contributed by atoms with E-state index in [9.17, 15) is 23.8 Å². The molecule has 46 heavy (non-hydrogen) atoms. The summed E-state index contributed by atoms with van der Waals surface area (Å²) in [6.45, 7) is 4.67. The minimum Gasteiger partial charge on any atom is -0.398 e. The summed E-state index contributed by atoms with van der Waals surface area (Å²) in [6, 6.07) is 14.1. The number of aliphatic hydroxyl groups is 2. The highest BCUT2D eigenvalue weighted by Crippen LogP contribution is 2.37. The van der Waals surface area contributed by atoms with Gasteiger partial charge in [0.1, 0.15) is 23.1 Å². The number of nitrogen functional groups attached to an aromatic ring is 1. The van der Waals surface area contributed by atoms with Gasteiger partial charge in [-0.1, -0.05) is 6.07 Å². The number of anilines is 3. The Morgan fingerprint density at radius 2 is 1.67 bits per heavy atom. The third-order valence-electron chi connectivity index (χ3n) is 9.03. The number of nitrogens with one attached hydrogen (secondary N) is 3. The van der Waals surface area contributed by atoms with E-state index in [1.165, 1.54) is 12.1 Å². The monoisotopic (exact) mass is 634 g/mol. The van der Waals surface area contributed by atoms with E-state index in [2.05, 4.69) is 20.4 Å². The molecule has 0 bridgehead atoms. The van der Waals surface area contributed by atoms with E-state index in [-0.39, 0.29) is 24.0 Å². The van der Waals surface area contributed by atoms with Crippen molar-refractivity contribution in [3.8, 4) is 0 Å². The zero-order valence-electron chi connectivity index (χ0n) is 25.6. The molecule has 0 radical (unpaired) electrons. The first-order valence-corrected chi connectivity index (χ1v) is 15.7. The number of benzene rings is 3. The molecule has 2 saturated heterocycles. The van der Waals surface area contributed by atoms with Gasteiger partial charge in [-0.05, 0) is 72.9 Å². The van der Waals surface area contributed by atoms with E-state index in [4.69, 9.17) is 15.9 Å². The summed E-state index contributed by atoms with van der Waals surface area (Å²) in [4.78, 5) is 18.0. The molecule has 1 aliphatic carbocycles. The molecule has 3 aromatic rings. The maximum absolute atomic E-state index is 13.7. The minimum atomic E-state index is -0.988. The van der Waals surface area contributed by atoms with Gasteiger partial charge in [-0.15, -0.1) is 0 Å². The van der Waals surface area contributed by atoms with Gasteiger partial charge in [0.2, 0.25) is 0 Å². The fourth-order valence-electron chi connectivity index (χ4n) is 6.23. The van der Waals surface area contributed by atoms with Crippen LogP contribution >= 0.6 is 0 Å². The second-order valence-electron chi connectivity index (χ2n) is 12.6. The van der Waals surface area contributed by atoms with Crippen molar-refractivity contribution in [3.63, 3.8) is 0 Å². The van der Waals surface area contributed by atoms with Crippen molar-refractivity contribution in [1.82, 2.24) is 10.2 Å². The lowest BCUT2D eigenvalue weighted by Crippen LogP contribution is -2.49. The number of amidine groups is 1. The van der Waals surface area contributed by atoms with Gasteiger partial charge < -0.3 is 36.2 Å². The van der Waals surface area contributed by atoms with Gasteiger partial charge in [0.05, 0.1) is 11.7 Å². The number of carbonyl (C=O) groups excluding carboxylic acids is 1. The van der Waals surface area contributed by atoms with Gasteiger partial charge in [-0.2, -0.15) is 0 Å². The second kappa shape index (κ2) is 13.3. The molecule has 12 heteroatoms. The number of rotatable bonds is 9. The summed E-state index contributed by atoms with van der Waals surface area (Å²) in [5, 5.41) is 35.0. The Morgan fingerprint density at radius 1 is 0.978 bits per heavy atom. The summed E-state index contributed by atoms with van der Waals surface area (Å²) >= 11 is 0. The Hall–Kier alpha value is -4.10. The lowest BCUT2D eigenvalue weighted by molar-refractivity contribution is 0.0467. The first-order chi connectivity index (χ1) is 22.1. The number of ether oxygens (including phenoxy) is 1. The Labute approximate surface area is 266 Å². The Morgan fingerprint density at radius 3 is 2.35 bits per heavy atom. The van der Waals surface area contributed by atoms with Crippen molar-refractivity contribution in [1.29, 1.82) is 5.41 Å². The molecule has 0 aromatic heterocycles. The number of nitrogens with two attached hydrogens (primary N) is 1. The first-order valence-electron chi connectivity index (χ1n) is 15.7. The normalized spacial score (nSPS) is 22.0. The van der Waals surface area contributed by atoms with Crippen LogP contribution < -0.4 is 21.3 Å². The topological polar surface area (TPSA) is 147 Å². The van der Waals surface area contributed by atoms with Crippen LogP contribution in [0.2, 0.25) is 0 Å². The van der Waals surface area contributed by atoms with Crippen LogP contribution in [0.15, 0.2) is 54.6 Å². The molecule has 2 aliphatic heterocycles. The molecule has 3 aromatic carbocycles. The van der Waals surface area contributed by atoms with Crippen LogP contribution in [0, 0.1) is 17.0 Å². The van der Waals surface area contributed by atoms with E-state index in [0.717, 1.165) is 50.8 Å². The van der Waals surface area contributed by atoms with Gasteiger partial charge in [-0.3, -0.25) is 15.1 Å². The fourth-order valence-corrected chi connectivity index (χ4v) is 6.23. The predicted octanol–water partition coefficient (Wildman–Crippen LogP) is 3.10. The molecule has 1 amide bonds. The third kappa shape index (κ3) is 7.47. The highest BCUT2D eigenvalue weighted by Gasteiger charge is 2.53. The van der Waals surface area contributed by atoms with E-state index in [1.807, 2.05) is 12.1 Å². The molecule has 3 fully saturated rings. The number of amides is 1. The zero-order chi connectivity index (χ0) is 32.4. The number of piperazine rings is 1. The molecule has 6 rings (SSSR count). The lowest BCUT2D eigenvalue weighted by Gasteiger charge is -2.37. The molecule has 1 saturated carbocycles. The van der Waals surface area contributed by atoms with Crippen molar-refractivity contribution in [2.45, 2.75) is 43.4 Å². The number of carbonyl (C=O) groups is 1. The summed E-state index contributed by atoms with van der Waals surface area (Å²) in [7, 11) is 0. The van der Waals surface area contributed by atoms with Crippen molar-refractivity contribution in [2.24, 2.45) is 0 Å². The Bertz CT molecular complexity index is 1590. The zero-order valence-corrected chi connectivity index (χ0v) is 25.6. The lowest BCUT2D eigenvalue weighted by atomic mass is 10.0. The second-order valence-corrected chi connectivity index (χ2v) is 12.6. The molecule has 1 unspecified atom stereocenters. The number of hydrogen-bond acceptors (Lipinski definition) is 9. The van der Waals surface area contributed by atoms with Crippen LogP contribution in [0.4, 0.5) is 25.8 Å². The maximum Gasteiger partial charge on any atom is 0.258 e. The number of β-amino-alcohol motifs (C(OH)–C–C–N with tert-alkyl or cyclic N) is 1. The molecule has 244 valence electrons. The van der Waals surface area contributed by atoms with Crippen LogP contribution in [-0.2, 0) is 11.2 Å². The third-order valence-corrected chi connectivity index (χ3v) is 9.03. The quantitative estimate of drug-likeness (QED) is 0.120. The molecule has 10 nitrogen and oxygen atoms in total. The summed E-state index contributed by atoms with van der Waals surface area (Å²) < 4.78 is 33.0. The van der Waals surface area contributed by atoms with Crippen molar-refractivity contribution in [2.75, 3.05) is 61.9 Å². The van der Waals surface area contributed by atoms with Gasteiger partial charge in [-0.25, -0.2) is 8.78 Å². The van der Waals surface area contributed by atoms with Gasteiger partial charge in [0, 0.05) is 87.1 Å². The van der Waals surface area contributed by atoms with Crippen LogP contribution in [0.1, 0.15) is 46.3 Å². The number of hydrogen-bond donors (Lipinski definition) is 6. The van der Waals surface area contributed by atoms with Crippen molar-refractivity contribution in [3.05, 3.63) is 88.5 Å². The van der Waals surface area contributed by atoms with Crippen LogP contribution in [0.5, 0.6) is 0 Å². The van der Waals surface area contributed by atoms with Crippen LogP contribution in [0.3, 0.4) is 0 Å². The molecule has 0 spiro atoms.